The molecule has 4 amide bonds. The van der Waals surface area contributed by atoms with Gasteiger partial charge in [0, 0.05) is 53.6 Å². The predicted molar refractivity (Wildman–Crippen MR) is 191 cm³/mol. The normalized spacial score (nSPS) is 14.4. The second kappa shape index (κ2) is 15.8. The molecule has 0 saturated carbocycles. The molecule has 6 rings (SSSR count). The summed E-state index contributed by atoms with van der Waals surface area (Å²) >= 11 is 3.35. The smallest absolute Gasteiger partial charge is 0.407 e. The van der Waals surface area contributed by atoms with Crippen molar-refractivity contribution >= 4 is 56.6 Å². The number of carbonyl (C=O) groups excluding carboxylic acids is 4. The van der Waals surface area contributed by atoms with Crippen LogP contribution in [0, 0.1) is 0 Å². The molecule has 1 aromatic carbocycles. The summed E-state index contributed by atoms with van der Waals surface area (Å²) < 4.78 is 11.6. The first kappa shape index (κ1) is 34.4. The van der Waals surface area contributed by atoms with Crippen LogP contribution in [0.25, 0.3) is 43.0 Å². The molecule has 50 heavy (non-hydrogen) atoms. The van der Waals surface area contributed by atoms with Gasteiger partial charge in [-0.25, -0.2) is 19.6 Å². The minimum atomic E-state index is -0.658. The Hall–Kier alpha value is -5.48. The molecule has 2 unspecified atom stereocenters. The summed E-state index contributed by atoms with van der Waals surface area (Å²) in [7, 11) is 2.58. The summed E-state index contributed by atoms with van der Waals surface area (Å²) in [4.78, 5) is 64.3. The molecule has 0 fully saturated rings. The van der Waals surface area contributed by atoms with Crippen LogP contribution in [0.5, 0.6) is 0 Å². The van der Waals surface area contributed by atoms with E-state index in [1.165, 1.54) is 18.9 Å². The van der Waals surface area contributed by atoms with Crippen molar-refractivity contribution < 1.29 is 28.7 Å². The quantitative estimate of drug-likeness (QED) is 0.0592. The minimum absolute atomic E-state index is 0.0832. The number of benzene rings is 1. The zero-order valence-electron chi connectivity index (χ0n) is 27.4. The number of alkyl carbamates (subject to hydrolysis) is 2. The Morgan fingerprint density at radius 2 is 1.76 bits per heavy atom. The fourth-order valence-corrected chi connectivity index (χ4v) is 8.24. The van der Waals surface area contributed by atoms with E-state index in [9.17, 15) is 19.2 Å². The van der Waals surface area contributed by atoms with Gasteiger partial charge in [0.05, 0.1) is 41.2 Å². The average molecular weight is 717 g/mol. The van der Waals surface area contributed by atoms with E-state index in [-0.39, 0.29) is 24.4 Å². The lowest BCUT2D eigenvalue weighted by molar-refractivity contribution is -0.130. The molecule has 0 aliphatic carbocycles. The van der Waals surface area contributed by atoms with Gasteiger partial charge < -0.3 is 40.3 Å². The van der Waals surface area contributed by atoms with Crippen LogP contribution in [0.1, 0.15) is 36.5 Å². The van der Waals surface area contributed by atoms with Crippen LogP contribution in [0.15, 0.2) is 59.6 Å². The number of methoxy groups -OCH3 is 2. The van der Waals surface area contributed by atoms with E-state index in [1.807, 2.05) is 30.5 Å². The monoisotopic (exact) mass is 716 g/mol. The Bertz CT molecular complexity index is 1990. The number of imidazole rings is 2. The highest BCUT2D eigenvalue weighted by Gasteiger charge is 2.28. The maximum Gasteiger partial charge on any atom is 0.407 e. The average Bonchev–Trinajstić information content (AvgIpc) is 3.98. The van der Waals surface area contributed by atoms with Crippen molar-refractivity contribution in [3.63, 3.8) is 0 Å². The Morgan fingerprint density at radius 1 is 1.04 bits per heavy atom. The number of ether oxygens (including phenoxy) is 2. The molecule has 14 nitrogen and oxygen atoms in total. The molecule has 0 bridgehead atoms. The molecule has 5 aromatic rings. The largest absolute Gasteiger partial charge is 0.453 e. The summed E-state index contributed by atoms with van der Waals surface area (Å²) in [5.41, 5.74) is 5.89. The highest BCUT2D eigenvalue weighted by Crippen LogP contribution is 2.44. The Kier molecular flexibility index (Phi) is 10.9. The van der Waals surface area contributed by atoms with Gasteiger partial charge in [0.15, 0.2) is 0 Å². The lowest BCUT2D eigenvalue weighted by Gasteiger charge is -2.23. The van der Waals surface area contributed by atoms with E-state index >= 15 is 0 Å². The zero-order chi connectivity index (χ0) is 35.0. The van der Waals surface area contributed by atoms with Gasteiger partial charge in [-0.3, -0.25) is 9.59 Å². The number of hydrogen-bond donors (Lipinski definition) is 5. The Balaban J connectivity index is 1.15. The summed E-state index contributed by atoms with van der Waals surface area (Å²) in [6.07, 6.45) is 8.43. The summed E-state index contributed by atoms with van der Waals surface area (Å²) in [5, 5.41) is 12.2. The van der Waals surface area contributed by atoms with Crippen molar-refractivity contribution in [3.05, 3.63) is 71.2 Å². The Morgan fingerprint density at radius 3 is 2.52 bits per heavy atom. The highest BCUT2D eigenvalue weighted by molar-refractivity contribution is 7.27. The molecule has 0 spiro atoms. The second-order valence-corrected chi connectivity index (χ2v) is 13.2. The molecule has 0 saturated heterocycles. The lowest BCUT2D eigenvalue weighted by Crippen LogP contribution is -2.40. The molecule has 0 radical (unpaired) electrons. The standard InChI is InChI=1S/C34H36N8O6S2/c1-47-33(45)38-13-22(5-3-11-35-19-43)31-36-15-26(41-31)24-18-50-29-23(17-49-30(24)29)20-7-9-21(10-8-20)25-14-37-32(40-25)27-6-4-12-42(27)28(44)16-39-34(46)48-2/h4,6-10,14-15,17-19,22,27H,3,5,11-13,16H2,1-2H3,(H,35,43)(H,36,41)(H,37,40)(H,38,45)(H,39,46). The number of hydrogen-bond acceptors (Lipinski definition) is 10. The Labute approximate surface area is 295 Å². The third kappa shape index (κ3) is 7.55. The van der Waals surface area contributed by atoms with E-state index in [1.54, 1.807) is 33.8 Å². The van der Waals surface area contributed by atoms with Crippen LogP contribution in [-0.2, 0) is 19.1 Å². The summed E-state index contributed by atoms with van der Waals surface area (Å²) in [6.45, 7) is 1.15. The first-order valence-corrected chi connectivity index (χ1v) is 17.6. The van der Waals surface area contributed by atoms with Crippen molar-refractivity contribution in [1.82, 2.24) is 40.8 Å². The van der Waals surface area contributed by atoms with Gasteiger partial charge in [0.2, 0.25) is 12.3 Å². The van der Waals surface area contributed by atoms with Crippen LogP contribution < -0.4 is 16.0 Å². The van der Waals surface area contributed by atoms with Crippen molar-refractivity contribution in [2.24, 2.45) is 0 Å². The number of nitrogens with one attached hydrogen (secondary N) is 5. The summed E-state index contributed by atoms with van der Waals surface area (Å²) in [6, 6.07) is 7.91. The SMILES string of the molecule is COC(=O)NCC(=O)N1CC=CC1c1ncc(-c2ccc(-c3csc4c(-c5c[nH]c(C(CCCNC=O)CNC(=O)OC)n5)csc34)cc2)[nH]1. The van der Waals surface area contributed by atoms with E-state index in [4.69, 9.17) is 9.72 Å². The van der Waals surface area contributed by atoms with Gasteiger partial charge >= 0.3 is 12.2 Å². The highest BCUT2D eigenvalue weighted by atomic mass is 32.1. The number of aromatic nitrogens is 4. The van der Waals surface area contributed by atoms with Gasteiger partial charge in [-0.05, 0) is 24.0 Å². The van der Waals surface area contributed by atoms with Crippen molar-refractivity contribution in [1.29, 1.82) is 0 Å². The van der Waals surface area contributed by atoms with E-state index in [0.29, 0.717) is 38.3 Å². The number of aromatic amines is 2. The molecule has 5 N–H and O–H groups in total. The number of nitrogens with zero attached hydrogens (tertiary/aromatic N) is 3. The van der Waals surface area contributed by atoms with Crippen molar-refractivity contribution in [2.75, 3.05) is 40.4 Å². The molecular formula is C34H36N8O6S2. The fraction of sp³-hybridized carbons (Fsp3) is 0.294. The zero-order valence-corrected chi connectivity index (χ0v) is 29.0. The number of amides is 4. The number of carbonyl (C=O) groups is 4. The molecule has 5 heterocycles. The first-order chi connectivity index (χ1) is 24.4. The van der Waals surface area contributed by atoms with Crippen LogP contribution in [-0.4, -0.2) is 89.7 Å². The van der Waals surface area contributed by atoms with E-state index in [2.05, 4.69) is 58.5 Å². The molecule has 2 atom stereocenters. The van der Waals surface area contributed by atoms with E-state index < -0.39 is 12.2 Å². The predicted octanol–water partition coefficient (Wildman–Crippen LogP) is 5.17. The topological polar surface area (TPSA) is 183 Å². The maximum atomic E-state index is 12.7. The summed E-state index contributed by atoms with van der Waals surface area (Å²) in [5.74, 6) is 1.07. The second-order valence-electron chi connectivity index (χ2n) is 11.4. The van der Waals surface area contributed by atoms with Gasteiger partial charge in [0.1, 0.15) is 24.2 Å². The number of fused-ring (bicyclic) bond motifs is 1. The van der Waals surface area contributed by atoms with Crippen LogP contribution in [0.4, 0.5) is 9.59 Å². The van der Waals surface area contributed by atoms with Crippen LogP contribution in [0.2, 0.25) is 0 Å². The fourth-order valence-electron chi connectivity index (χ4n) is 5.81. The molecule has 4 aromatic heterocycles. The van der Waals surface area contributed by atoms with Gasteiger partial charge in [-0.15, -0.1) is 22.7 Å². The third-order valence-electron chi connectivity index (χ3n) is 8.41. The van der Waals surface area contributed by atoms with Crippen molar-refractivity contribution in [2.45, 2.75) is 24.8 Å². The molecular weight excluding hydrogens is 681 g/mol. The van der Waals surface area contributed by atoms with Gasteiger partial charge in [-0.1, -0.05) is 36.4 Å². The molecule has 260 valence electrons. The number of rotatable bonds is 14. The number of H-pyrrole nitrogens is 2. The van der Waals surface area contributed by atoms with Crippen molar-refractivity contribution in [3.8, 4) is 33.6 Å². The number of thiophene rings is 2. The van der Waals surface area contributed by atoms with Crippen LogP contribution in [0.3, 0.4) is 0 Å². The lowest BCUT2D eigenvalue weighted by atomic mass is 10.0. The van der Waals surface area contributed by atoms with E-state index in [0.717, 1.165) is 50.6 Å². The van der Waals surface area contributed by atoms with Crippen LogP contribution >= 0.6 is 22.7 Å². The molecule has 16 heteroatoms. The molecule has 1 aliphatic heterocycles. The molecule has 1 aliphatic rings. The third-order valence-corrected chi connectivity index (χ3v) is 10.6. The van der Waals surface area contributed by atoms with Gasteiger partial charge in [0.25, 0.3) is 0 Å². The maximum absolute atomic E-state index is 12.7. The first-order valence-electron chi connectivity index (χ1n) is 15.9. The van der Waals surface area contributed by atoms with Gasteiger partial charge in [-0.2, -0.15) is 0 Å². The minimum Gasteiger partial charge on any atom is -0.453 e.